The van der Waals surface area contributed by atoms with Crippen LogP contribution in [0.1, 0.15) is 162 Å². The summed E-state index contributed by atoms with van der Waals surface area (Å²) in [6.07, 6.45) is 23.2. The third-order valence-electron chi connectivity index (χ3n) is 10.3. The Morgan fingerprint density at radius 3 is 1.75 bits per heavy atom. The Hall–Kier alpha value is -2.23. The minimum absolute atomic E-state index is 0.0652. The van der Waals surface area contributed by atoms with E-state index < -0.39 is 81.8 Å². The number of unbranched alkanes of at least 4 members (excludes halogenated alkanes) is 15. The lowest BCUT2D eigenvalue weighted by atomic mass is 9.85. The fraction of sp³-hybridized carbons (Fsp3) is 0.778. The predicted octanol–water partition coefficient (Wildman–Crippen LogP) is 7.36. The number of ether oxygens (including phenoxy) is 2. The number of phosphoric acid groups is 1. The van der Waals surface area contributed by atoms with Gasteiger partial charge in [-0.3, -0.25) is 18.6 Å². The SMILES string of the molecule is CC/C=C/C/C=C/C=C/C(O)CCCCCCCC(=O)OC[C@H](COP(=O)(O)OC1[C@H](O)[C@H](O)C(O)[C@H](O)[C@H]1O)OC(=O)CCCCCCC/C=C\CCCCCCCC. The number of carbonyl (C=O) groups excluding carboxylic acids is 2. The molecule has 4 unspecified atom stereocenters. The number of rotatable bonds is 36. The van der Waals surface area contributed by atoms with Crippen LogP contribution in [0.5, 0.6) is 0 Å². The van der Waals surface area contributed by atoms with Crippen molar-refractivity contribution in [3.63, 3.8) is 0 Å². The standard InChI is InChI=1S/C45H79O14P/c1-3-5-7-9-11-12-13-14-15-16-17-18-20-24-29-33-39(48)58-37(35-57-60(54,55)59-45-43(52)41(50)40(49)42(51)44(45)53)34-56-38(47)32-28-25-21-23-27-31-36(46)30-26-22-19-10-8-6-4-2/h6,8,14-15,19,22,26,30,36-37,40-46,49-53H,3-5,7,9-13,16-18,20-21,23-25,27-29,31-35H2,1-2H3,(H,54,55)/b8-6+,15-14-,22-19+,30-26+/t36?,37-,40?,41-,42+,43-,44-,45?/m1/s1. The molecule has 15 heteroatoms. The van der Waals surface area contributed by atoms with Gasteiger partial charge in [-0.25, -0.2) is 4.57 Å². The van der Waals surface area contributed by atoms with Gasteiger partial charge in [0.1, 0.15) is 43.2 Å². The van der Waals surface area contributed by atoms with E-state index in [1.54, 1.807) is 6.08 Å². The maximum Gasteiger partial charge on any atom is 0.472 e. The first kappa shape index (κ1) is 55.8. The van der Waals surface area contributed by atoms with Crippen molar-refractivity contribution in [1.82, 2.24) is 0 Å². The summed E-state index contributed by atoms with van der Waals surface area (Å²) in [5.74, 6) is -1.19. The van der Waals surface area contributed by atoms with E-state index in [1.807, 2.05) is 18.2 Å². The number of phosphoric ester groups is 1. The highest BCUT2D eigenvalue weighted by Gasteiger charge is 2.51. The maximum atomic E-state index is 12.8. The Kier molecular flexibility index (Phi) is 32.8. The molecule has 348 valence electrons. The maximum absolute atomic E-state index is 12.8. The number of esters is 2. The van der Waals surface area contributed by atoms with Crippen LogP contribution in [-0.2, 0) is 32.7 Å². The summed E-state index contributed by atoms with van der Waals surface area (Å²) < 4.78 is 33.4. The largest absolute Gasteiger partial charge is 0.472 e. The molecule has 14 nitrogen and oxygen atoms in total. The van der Waals surface area contributed by atoms with Crippen LogP contribution in [0, 0.1) is 0 Å². The molecule has 0 aliphatic heterocycles. The van der Waals surface area contributed by atoms with Gasteiger partial charge in [-0.2, -0.15) is 0 Å². The van der Waals surface area contributed by atoms with Crippen LogP contribution in [0.2, 0.25) is 0 Å². The first-order valence-electron chi connectivity index (χ1n) is 22.5. The molecule has 0 bridgehead atoms. The summed E-state index contributed by atoms with van der Waals surface area (Å²) in [7, 11) is -5.14. The van der Waals surface area contributed by atoms with E-state index >= 15 is 0 Å². The smallest absolute Gasteiger partial charge is 0.462 e. The molecule has 1 aliphatic rings. The van der Waals surface area contributed by atoms with Crippen molar-refractivity contribution in [3.8, 4) is 0 Å². The number of hydrogen-bond donors (Lipinski definition) is 7. The number of carbonyl (C=O) groups is 2. The van der Waals surface area contributed by atoms with Gasteiger partial charge in [0.25, 0.3) is 0 Å². The Bertz CT molecular complexity index is 1260. The third kappa shape index (κ3) is 27.7. The molecule has 0 aromatic heterocycles. The van der Waals surface area contributed by atoms with Crippen LogP contribution in [0.15, 0.2) is 48.6 Å². The zero-order chi connectivity index (χ0) is 44.4. The van der Waals surface area contributed by atoms with Crippen molar-refractivity contribution in [2.24, 2.45) is 0 Å². The lowest BCUT2D eigenvalue weighted by molar-refractivity contribution is -0.220. The monoisotopic (exact) mass is 875 g/mol. The number of allylic oxidation sites excluding steroid dienone is 7. The Morgan fingerprint density at radius 1 is 0.617 bits per heavy atom. The van der Waals surface area contributed by atoms with Crippen molar-refractivity contribution in [2.45, 2.75) is 210 Å². The zero-order valence-electron chi connectivity index (χ0n) is 36.4. The molecule has 60 heavy (non-hydrogen) atoms. The number of aliphatic hydroxyl groups excluding tert-OH is 6. The Labute approximate surface area is 359 Å². The fourth-order valence-electron chi connectivity index (χ4n) is 6.58. The second kappa shape index (κ2) is 35.3. The van der Waals surface area contributed by atoms with Crippen molar-refractivity contribution in [1.29, 1.82) is 0 Å². The van der Waals surface area contributed by atoms with Gasteiger partial charge >= 0.3 is 19.8 Å². The topological polar surface area (TPSA) is 230 Å². The van der Waals surface area contributed by atoms with Crippen LogP contribution in [0.3, 0.4) is 0 Å². The third-order valence-corrected chi connectivity index (χ3v) is 11.2. The average molecular weight is 875 g/mol. The first-order valence-corrected chi connectivity index (χ1v) is 24.0. The van der Waals surface area contributed by atoms with Crippen LogP contribution >= 0.6 is 7.82 Å². The van der Waals surface area contributed by atoms with E-state index in [0.717, 1.165) is 77.0 Å². The summed E-state index contributed by atoms with van der Waals surface area (Å²) in [4.78, 5) is 35.7. The molecular formula is C45H79O14P. The van der Waals surface area contributed by atoms with Crippen LogP contribution < -0.4 is 0 Å². The highest BCUT2D eigenvalue weighted by molar-refractivity contribution is 7.47. The number of aliphatic hydroxyl groups is 6. The van der Waals surface area contributed by atoms with E-state index in [2.05, 4.69) is 38.2 Å². The summed E-state index contributed by atoms with van der Waals surface area (Å²) in [6, 6.07) is 0. The molecule has 1 rings (SSSR count). The minimum Gasteiger partial charge on any atom is -0.462 e. The van der Waals surface area contributed by atoms with Gasteiger partial charge in [0.2, 0.25) is 0 Å². The molecule has 0 heterocycles. The van der Waals surface area contributed by atoms with Crippen molar-refractivity contribution >= 4 is 19.8 Å². The molecule has 7 N–H and O–H groups in total. The van der Waals surface area contributed by atoms with E-state index in [-0.39, 0.29) is 12.8 Å². The average Bonchev–Trinajstić information content (AvgIpc) is 3.22. The van der Waals surface area contributed by atoms with E-state index in [9.17, 15) is 49.7 Å². The second-order valence-corrected chi connectivity index (χ2v) is 17.1. The van der Waals surface area contributed by atoms with Gasteiger partial charge in [0.05, 0.1) is 12.7 Å². The zero-order valence-corrected chi connectivity index (χ0v) is 37.2. The summed E-state index contributed by atoms with van der Waals surface area (Å²) in [5.41, 5.74) is 0. The molecule has 0 spiro atoms. The molecule has 9 atom stereocenters. The van der Waals surface area contributed by atoms with E-state index in [4.69, 9.17) is 18.5 Å². The van der Waals surface area contributed by atoms with Crippen molar-refractivity contribution in [2.75, 3.05) is 13.2 Å². The summed E-state index contributed by atoms with van der Waals surface area (Å²) in [6.45, 7) is 3.06. The lowest BCUT2D eigenvalue weighted by Gasteiger charge is -2.41. The first-order chi connectivity index (χ1) is 28.8. The Morgan fingerprint density at radius 2 is 1.15 bits per heavy atom. The van der Waals surface area contributed by atoms with Crippen LogP contribution in [-0.4, -0.2) is 110 Å². The second-order valence-electron chi connectivity index (χ2n) is 15.7. The lowest BCUT2D eigenvalue weighted by Crippen LogP contribution is -2.64. The normalized spacial score (nSPS) is 23.1. The van der Waals surface area contributed by atoms with E-state index in [0.29, 0.717) is 19.3 Å². The molecule has 0 radical (unpaired) electrons. The highest BCUT2D eigenvalue weighted by atomic mass is 31.2. The quantitative estimate of drug-likeness (QED) is 0.0107. The van der Waals surface area contributed by atoms with Gasteiger partial charge in [0, 0.05) is 12.8 Å². The molecular weight excluding hydrogens is 795 g/mol. The minimum atomic E-state index is -5.14. The van der Waals surface area contributed by atoms with Gasteiger partial charge in [-0.1, -0.05) is 140 Å². The number of hydrogen-bond acceptors (Lipinski definition) is 13. The van der Waals surface area contributed by atoms with Gasteiger partial charge in [-0.05, 0) is 57.8 Å². The van der Waals surface area contributed by atoms with Gasteiger partial charge < -0.3 is 45.0 Å². The molecule has 0 saturated heterocycles. The fourth-order valence-corrected chi connectivity index (χ4v) is 7.56. The Balaban J connectivity index is 2.52. The van der Waals surface area contributed by atoms with Crippen molar-refractivity contribution < 1.29 is 68.2 Å². The van der Waals surface area contributed by atoms with E-state index in [1.165, 1.54) is 38.5 Å². The van der Waals surface area contributed by atoms with Gasteiger partial charge in [-0.15, -0.1) is 0 Å². The molecule has 0 aromatic rings. The molecule has 0 aromatic carbocycles. The van der Waals surface area contributed by atoms with Crippen LogP contribution in [0.25, 0.3) is 0 Å². The summed E-state index contributed by atoms with van der Waals surface area (Å²) >= 11 is 0. The molecule has 1 aliphatic carbocycles. The molecule has 1 saturated carbocycles. The highest BCUT2D eigenvalue weighted by Crippen LogP contribution is 2.47. The van der Waals surface area contributed by atoms with Gasteiger partial charge in [0.15, 0.2) is 6.10 Å². The molecule has 1 fully saturated rings. The van der Waals surface area contributed by atoms with Crippen LogP contribution in [0.4, 0.5) is 0 Å². The predicted molar refractivity (Wildman–Crippen MR) is 232 cm³/mol. The van der Waals surface area contributed by atoms with Crippen molar-refractivity contribution in [3.05, 3.63) is 48.6 Å². The summed E-state index contributed by atoms with van der Waals surface area (Å²) in [5, 5.41) is 60.2. The molecule has 0 amide bonds.